The molecule has 0 aliphatic carbocycles. The maximum absolute atomic E-state index is 7.00. The molecular formula is C6H12O. The highest BCUT2D eigenvalue weighted by Crippen LogP contribution is 1.64. The molecule has 0 bridgehead atoms. The van der Waals surface area contributed by atoms with Gasteiger partial charge in [-0.3, -0.25) is 0 Å². The van der Waals surface area contributed by atoms with Crippen molar-refractivity contribution in [3.63, 3.8) is 0 Å². The molecule has 0 fully saturated rings. The number of allylic oxidation sites excluding steroid dienone is 3. The first-order chi connectivity index (χ1) is 3.41. The van der Waals surface area contributed by atoms with Crippen molar-refractivity contribution in [2.24, 2.45) is 0 Å². The van der Waals surface area contributed by atoms with Crippen molar-refractivity contribution >= 4 is 0 Å². The lowest BCUT2D eigenvalue weighted by Gasteiger charge is -1.56. The van der Waals surface area contributed by atoms with Crippen LogP contribution in [0.2, 0.25) is 0 Å². The monoisotopic (exact) mass is 100 g/mol. The predicted octanol–water partition coefficient (Wildman–Crippen LogP) is 1.36. The van der Waals surface area contributed by atoms with E-state index in [0.717, 1.165) is 7.11 Å². The lowest BCUT2D eigenvalue weighted by Crippen LogP contribution is -1.33. The first-order valence-electron chi connectivity index (χ1n) is 2.10. The molecular weight excluding hydrogens is 88.1 g/mol. The fourth-order valence-corrected chi connectivity index (χ4v) is 0.136. The third kappa shape index (κ3) is 31.0. The van der Waals surface area contributed by atoms with Crippen molar-refractivity contribution in [3.05, 3.63) is 24.8 Å². The minimum Gasteiger partial charge on any atom is -0.400 e. The van der Waals surface area contributed by atoms with Gasteiger partial charge in [0.2, 0.25) is 0 Å². The van der Waals surface area contributed by atoms with E-state index >= 15 is 0 Å². The summed E-state index contributed by atoms with van der Waals surface area (Å²) in [6, 6.07) is 0. The smallest absolute Gasteiger partial charge is 0.0319 e. The maximum Gasteiger partial charge on any atom is 0.0319 e. The van der Waals surface area contributed by atoms with Gasteiger partial charge in [-0.15, -0.1) is 0 Å². The molecule has 0 aromatic rings. The lowest BCUT2D eigenvalue weighted by atomic mass is 10.5. The summed E-state index contributed by atoms with van der Waals surface area (Å²) >= 11 is 0. The molecule has 1 nitrogen and oxygen atoms in total. The third-order valence-corrected chi connectivity index (χ3v) is 0.329. The van der Waals surface area contributed by atoms with Gasteiger partial charge < -0.3 is 5.11 Å². The zero-order valence-corrected chi connectivity index (χ0v) is 4.89. The summed E-state index contributed by atoms with van der Waals surface area (Å²) in [6.45, 7) is 5.42. The molecule has 0 saturated heterocycles. The fraction of sp³-hybridized carbons (Fsp3) is 0.333. The van der Waals surface area contributed by atoms with E-state index in [1.54, 1.807) is 6.08 Å². The van der Waals surface area contributed by atoms with Crippen molar-refractivity contribution in [2.45, 2.75) is 6.92 Å². The van der Waals surface area contributed by atoms with Crippen LogP contribution in [0.3, 0.4) is 0 Å². The molecule has 0 atom stereocenters. The molecule has 0 unspecified atom stereocenters. The summed E-state index contributed by atoms with van der Waals surface area (Å²) in [5.74, 6) is 0. The van der Waals surface area contributed by atoms with Gasteiger partial charge in [-0.25, -0.2) is 0 Å². The molecule has 0 aromatic heterocycles. The third-order valence-electron chi connectivity index (χ3n) is 0.329. The normalized spacial score (nSPS) is 7.29. The summed E-state index contributed by atoms with van der Waals surface area (Å²) < 4.78 is 0. The van der Waals surface area contributed by atoms with Gasteiger partial charge in [-0.1, -0.05) is 24.8 Å². The summed E-state index contributed by atoms with van der Waals surface area (Å²) in [5.41, 5.74) is 0. The van der Waals surface area contributed by atoms with Crippen LogP contribution >= 0.6 is 0 Å². The van der Waals surface area contributed by atoms with E-state index < -0.39 is 0 Å². The minimum atomic E-state index is 1.00. The van der Waals surface area contributed by atoms with Crippen LogP contribution in [0.5, 0.6) is 0 Å². The number of rotatable bonds is 1. The first-order valence-corrected chi connectivity index (χ1v) is 2.10. The van der Waals surface area contributed by atoms with Crippen molar-refractivity contribution < 1.29 is 5.11 Å². The first kappa shape index (κ1) is 9.67. The number of aliphatic hydroxyl groups excluding tert-OH is 1. The lowest BCUT2D eigenvalue weighted by molar-refractivity contribution is 0.399. The van der Waals surface area contributed by atoms with Gasteiger partial charge in [0.1, 0.15) is 0 Å². The van der Waals surface area contributed by atoms with Crippen molar-refractivity contribution in [1.82, 2.24) is 0 Å². The molecule has 1 N–H and O–H groups in total. The second-order valence-electron chi connectivity index (χ2n) is 0.761. The quantitative estimate of drug-likeness (QED) is 0.493. The summed E-state index contributed by atoms with van der Waals surface area (Å²) in [6.07, 6.45) is 5.58. The zero-order valence-electron chi connectivity index (χ0n) is 4.89. The highest BCUT2D eigenvalue weighted by Gasteiger charge is 1.42. The van der Waals surface area contributed by atoms with Gasteiger partial charge in [0.25, 0.3) is 0 Å². The molecule has 0 saturated carbocycles. The molecule has 0 amide bonds. The van der Waals surface area contributed by atoms with Gasteiger partial charge in [0.05, 0.1) is 0 Å². The summed E-state index contributed by atoms with van der Waals surface area (Å²) in [4.78, 5) is 0. The van der Waals surface area contributed by atoms with Crippen LogP contribution in [-0.4, -0.2) is 12.2 Å². The van der Waals surface area contributed by atoms with Crippen LogP contribution in [0.25, 0.3) is 0 Å². The Bertz CT molecular complexity index is 46.1. The van der Waals surface area contributed by atoms with Crippen molar-refractivity contribution in [2.75, 3.05) is 7.11 Å². The molecule has 0 aliphatic heterocycles. The Morgan fingerprint density at radius 2 is 1.86 bits per heavy atom. The standard InChI is InChI=1S/C5H8.CH4O/c1-3-5-4-2;1-2/h3-5H,1H2,2H3;2H,1H3. The van der Waals surface area contributed by atoms with Gasteiger partial charge in [-0.05, 0) is 6.92 Å². The average Bonchev–Trinajstić information content (AvgIpc) is 1.75. The molecule has 0 aromatic carbocycles. The topological polar surface area (TPSA) is 20.2 Å². The van der Waals surface area contributed by atoms with Gasteiger partial charge in [-0.2, -0.15) is 0 Å². The SMILES string of the molecule is C=CC=CC.CO. The Labute approximate surface area is 45.0 Å². The van der Waals surface area contributed by atoms with E-state index in [-0.39, 0.29) is 0 Å². The van der Waals surface area contributed by atoms with Crippen LogP contribution in [0, 0.1) is 0 Å². The number of hydrogen-bond acceptors (Lipinski definition) is 1. The molecule has 0 spiro atoms. The zero-order chi connectivity index (χ0) is 6.12. The van der Waals surface area contributed by atoms with Gasteiger partial charge in [0, 0.05) is 7.11 Å². The van der Waals surface area contributed by atoms with Crippen molar-refractivity contribution in [3.8, 4) is 0 Å². The number of hydrogen-bond donors (Lipinski definition) is 1. The Kier molecular flexibility index (Phi) is 24.9. The van der Waals surface area contributed by atoms with Crippen LogP contribution in [-0.2, 0) is 0 Å². The van der Waals surface area contributed by atoms with Gasteiger partial charge >= 0.3 is 0 Å². The second-order valence-corrected chi connectivity index (χ2v) is 0.761. The summed E-state index contributed by atoms with van der Waals surface area (Å²) in [7, 11) is 1.00. The van der Waals surface area contributed by atoms with E-state index in [0.29, 0.717) is 0 Å². The molecule has 0 heterocycles. The van der Waals surface area contributed by atoms with E-state index in [1.165, 1.54) is 0 Å². The molecule has 1 heteroatoms. The van der Waals surface area contributed by atoms with E-state index in [2.05, 4.69) is 6.58 Å². The molecule has 0 rings (SSSR count). The average molecular weight is 100 g/mol. The maximum atomic E-state index is 7.00. The largest absolute Gasteiger partial charge is 0.400 e. The van der Waals surface area contributed by atoms with E-state index in [9.17, 15) is 0 Å². The van der Waals surface area contributed by atoms with Crippen molar-refractivity contribution in [1.29, 1.82) is 0 Å². The fourth-order valence-electron chi connectivity index (χ4n) is 0.136. The molecule has 0 radical (unpaired) electrons. The Hall–Kier alpha value is -0.560. The molecule has 42 valence electrons. The summed E-state index contributed by atoms with van der Waals surface area (Å²) in [5, 5.41) is 7.00. The van der Waals surface area contributed by atoms with E-state index in [1.807, 2.05) is 19.1 Å². The Morgan fingerprint density at radius 1 is 1.43 bits per heavy atom. The van der Waals surface area contributed by atoms with Crippen LogP contribution < -0.4 is 0 Å². The highest BCUT2D eigenvalue weighted by molar-refractivity contribution is 4.94. The highest BCUT2D eigenvalue weighted by atomic mass is 16.2. The van der Waals surface area contributed by atoms with Crippen LogP contribution in [0.1, 0.15) is 6.92 Å². The second kappa shape index (κ2) is 18.0. The van der Waals surface area contributed by atoms with Gasteiger partial charge in [0.15, 0.2) is 0 Å². The van der Waals surface area contributed by atoms with E-state index in [4.69, 9.17) is 5.11 Å². The van der Waals surface area contributed by atoms with Crippen LogP contribution in [0.4, 0.5) is 0 Å². The minimum absolute atomic E-state index is 1.00. The Balaban J connectivity index is 0. The predicted molar refractivity (Wildman–Crippen MR) is 33.2 cm³/mol. The molecule has 7 heavy (non-hydrogen) atoms. The molecule has 0 aliphatic rings. The van der Waals surface area contributed by atoms with Crippen LogP contribution in [0.15, 0.2) is 24.8 Å². The Morgan fingerprint density at radius 3 is 1.86 bits per heavy atom. The number of aliphatic hydroxyl groups is 1.